The van der Waals surface area contributed by atoms with E-state index in [2.05, 4.69) is 11.9 Å². The van der Waals surface area contributed by atoms with Crippen LogP contribution in [0.4, 0.5) is 10.6 Å². The van der Waals surface area contributed by atoms with Gasteiger partial charge < -0.3 is 14.5 Å². The maximum atomic E-state index is 12.3. The monoisotopic (exact) mass is 355 g/mol. The lowest BCUT2D eigenvalue weighted by Crippen LogP contribution is -2.38. The van der Waals surface area contributed by atoms with Gasteiger partial charge in [-0.25, -0.2) is 14.8 Å². The van der Waals surface area contributed by atoms with E-state index in [4.69, 9.17) is 14.7 Å². The number of anilines is 1. The van der Waals surface area contributed by atoms with Crippen molar-refractivity contribution >= 4 is 11.9 Å². The highest BCUT2D eigenvalue weighted by molar-refractivity contribution is 5.69. The molecular formula is C19H25N5O2. The molecule has 1 aliphatic heterocycles. The van der Waals surface area contributed by atoms with Crippen LogP contribution in [0.1, 0.15) is 31.0 Å². The Hall–Kier alpha value is -2.70. The number of pyridine rings is 1. The second kappa shape index (κ2) is 8.12. The highest BCUT2D eigenvalue weighted by atomic mass is 16.6. The van der Waals surface area contributed by atoms with E-state index in [9.17, 15) is 4.79 Å². The molecule has 0 unspecified atom stereocenters. The Balaban J connectivity index is 1.88. The zero-order valence-corrected chi connectivity index (χ0v) is 15.6. The van der Waals surface area contributed by atoms with Crippen LogP contribution < -0.4 is 4.90 Å². The first-order valence-corrected chi connectivity index (χ1v) is 8.99. The quantitative estimate of drug-likeness (QED) is 0.768. The summed E-state index contributed by atoms with van der Waals surface area (Å²) in [6.07, 6.45) is 5.82. The number of ether oxygens (including phenoxy) is 1. The largest absolute Gasteiger partial charge is 0.449 e. The van der Waals surface area contributed by atoms with Gasteiger partial charge >= 0.3 is 6.09 Å². The van der Waals surface area contributed by atoms with Gasteiger partial charge in [0.05, 0.1) is 18.8 Å². The molecule has 7 heteroatoms. The molecular weight excluding hydrogens is 330 g/mol. The molecule has 0 N–H and O–H groups in total. The van der Waals surface area contributed by atoms with Crippen molar-refractivity contribution in [3.8, 4) is 11.4 Å². The van der Waals surface area contributed by atoms with Crippen LogP contribution in [-0.2, 0) is 17.7 Å². The summed E-state index contributed by atoms with van der Waals surface area (Å²) in [6, 6.07) is 3.80. The predicted octanol–water partition coefficient (Wildman–Crippen LogP) is 2.90. The van der Waals surface area contributed by atoms with Crippen LogP contribution in [0.2, 0.25) is 0 Å². The van der Waals surface area contributed by atoms with E-state index >= 15 is 0 Å². The van der Waals surface area contributed by atoms with Crippen LogP contribution in [0.5, 0.6) is 0 Å². The van der Waals surface area contributed by atoms with Gasteiger partial charge in [0.25, 0.3) is 0 Å². The van der Waals surface area contributed by atoms with Crippen LogP contribution in [0, 0.1) is 0 Å². The average molecular weight is 355 g/mol. The average Bonchev–Trinajstić information content (AvgIpc) is 2.67. The first-order valence-electron chi connectivity index (χ1n) is 8.99. The Morgan fingerprint density at radius 3 is 2.88 bits per heavy atom. The van der Waals surface area contributed by atoms with E-state index in [1.807, 2.05) is 31.1 Å². The standard InChI is InChI=1S/C19H25N5O2/c1-4-5-11-26-19(25)24-10-8-15-16(13-24)21-17(22-18(15)23(2)3)14-7-6-9-20-12-14/h6-7,9,12H,4-5,8,10-11,13H2,1-3H3. The Morgan fingerprint density at radius 2 is 2.19 bits per heavy atom. The van der Waals surface area contributed by atoms with Crippen LogP contribution >= 0.6 is 0 Å². The fraction of sp³-hybridized carbons (Fsp3) is 0.474. The molecule has 26 heavy (non-hydrogen) atoms. The van der Waals surface area contributed by atoms with Crippen molar-refractivity contribution in [3.05, 3.63) is 35.8 Å². The van der Waals surface area contributed by atoms with Crippen molar-refractivity contribution in [1.82, 2.24) is 19.9 Å². The number of nitrogens with zero attached hydrogens (tertiary/aromatic N) is 5. The number of carbonyl (C=O) groups is 1. The van der Waals surface area contributed by atoms with Gasteiger partial charge in [-0.15, -0.1) is 0 Å². The molecule has 0 bridgehead atoms. The number of hydrogen-bond acceptors (Lipinski definition) is 6. The van der Waals surface area contributed by atoms with Gasteiger partial charge in [-0.2, -0.15) is 0 Å². The minimum absolute atomic E-state index is 0.267. The molecule has 0 fully saturated rings. The molecule has 1 amide bonds. The molecule has 3 heterocycles. The van der Waals surface area contributed by atoms with Crippen LogP contribution in [0.3, 0.4) is 0 Å². The van der Waals surface area contributed by atoms with Gasteiger partial charge in [0.1, 0.15) is 5.82 Å². The van der Waals surface area contributed by atoms with E-state index in [0.29, 0.717) is 25.5 Å². The molecule has 0 spiro atoms. The maximum absolute atomic E-state index is 12.3. The van der Waals surface area contributed by atoms with Gasteiger partial charge in [-0.3, -0.25) is 4.98 Å². The summed E-state index contributed by atoms with van der Waals surface area (Å²) in [5.41, 5.74) is 2.84. The zero-order chi connectivity index (χ0) is 18.5. The Labute approximate surface area is 154 Å². The van der Waals surface area contributed by atoms with Crippen LogP contribution in [0.15, 0.2) is 24.5 Å². The third-order valence-electron chi connectivity index (χ3n) is 4.37. The summed E-state index contributed by atoms with van der Waals surface area (Å²) in [5, 5.41) is 0. The Morgan fingerprint density at radius 1 is 1.35 bits per heavy atom. The molecule has 0 radical (unpaired) electrons. The first-order chi connectivity index (χ1) is 12.6. The molecule has 0 saturated heterocycles. The number of unbranched alkanes of at least 4 members (excludes halogenated alkanes) is 1. The summed E-state index contributed by atoms with van der Waals surface area (Å²) >= 11 is 0. The lowest BCUT2D eigenvalue weighted by atomic mass is 10.0. The van der Waals surface area contributed by atoms with Gasteiger partial charge in [0.15, 0.2) is 5.82 Å². The SMILES string of the molecule is CCCCOC(=O)N1CCc2c(nc(-c3cccnc3)nc2N(C)C)C1. The van der Waals surface area contributed by atoms with Gasteiger partial charge in [0, 0.05) is 44.2 Å². The number of fused-ring (bicyclic) bond motifs is 1. The molecule has 3 rings (SSSR count). The van der Waals surface area contributed by atoms with Crippen molar-refractivity contribution in [2.24, 2.45) is 0 Å². The van der Waals surface area contributed by atoms with Gasteiger partial charge in [0.2, 0.25) is 0 Å². The highest BCUT2D eigenvalue weighted by Crippen LogP contribution is 2.28. The molecule has 138 valence electrons. The first kappa shape index (κ1) is 18.1. The Bertz CT molecular complexity index is 764. The minimum atomic E-state index is -0.267. The molecule has 2 aromatic rings. The third kappa shape index (κ3) is 3.92. The second-order valence-corrected chi connectivity index (χ2v) is 6.57. The number of aromatic nitrogens is 3. The topological polar surface area (TPSA) is 71.5 Å². The van der Waals surface area contributed by atoms with Crippen LogP contribution in [0.25, 0.3) is 11.4 Å². The fourth-order valence-electron chi connectivity index (χ4n) is 2.96. The summed E-state index contributed by atoms with van der Waals surface area (Å²) in [7, 11) is 3.95. The lowest BCUT2D eigenvalue weighted by molar-refractivity contribution is 0.0960. The van der Waals surface area contributed by atoms with E-state index < -0.39 is 0 Å². The van der Waals surface area contributed by atoms with Crippen molar-refractivity contribution in [2.45, 2.75) is 32.7 Å². The van der Waals surface area contributed by atoms with Crippen molar-refractivity contribution in [1.29, 1.82) is 0 Å². The maximum Gasteiger partial charge on any atom is 0.410 e. The predicted molar refractivity (Wildman–Crippen MR) is 100.0 cm³/mol. The zero-order valence-electron chi connectivity index (χ0n) is 15.6. The number of rotatable bonds is 5. The smallest absolute Gasteiger partial charge is 0.410 e. The van der Waals surface area contributed by atoms with Crippen molar-refractivity contribution in [2.75, 3.05) is 32.1 Å². The molecule has 0 atom stereocenters. The summed E-state index contributed by atoms with van der Waals surface area (Å²) in [4.78, 5) is 29.6. The molecule has 0 aliphatic carbocycles. The molecule has 0 aromatic carbocycles. The molecule has 0 saturated carbocycles. The number of carbonyl (C=O) groups excluding carboxylic acids is 1. The minimum Gasteiger partial charge on any atom is -0.449 e. The lowest BCUT2D eigenvalue weighted by Gasteiger charge is -2.30. The van der Waals surface area contributed by atoms with Crippen molar-refractivity contribution in [3.63, 3.8) is 0 Å². The van der Waals surface area contributed by atoms with E-state index in [0.717, 1.165) is 41.9 Å². The summed E-state index contributed by atoms with van der Waals surface area (Å²) in [6.45, 7) is 3.60. The van der Waals surface area contributed by atoms with Gasteiger partial charge in [-0.05, 0) is 25.0 Å². The number of amides is 1. The second-order valence-electron chi connectivity index (χ2n) is 6.57. The van der Waals surface area contributed by atoms with Crippen molar-refractivity contribution < 1.29 is 9.53 Å². The third-order valence-corrected chi connectivity index (χ3v) is 4.37. The van der Waals surface area contributed by atoms with E-state index in [1.165, 1.54) is 0 Å². The van der Waals surface area contributed by atoms with E-state index in [1.54, 1.807) is 17.3 Å². The summed E-state index contributed by atoms with van der Waals surface area (Å²) in [5.74, 6) is 1.52. The fourth-order valence-corrected chi connectivity index (χ4v) is 2.96. The summed E-state index contributed by atoms with van der Waals surface area (Å²) < 4.78 is 5.35. The van der Waals surface area contributed by atoms with Crippen LogP contribution in [-0.4, -0.2) is 53.2 Å². The van der Waals surface area contributed by atoms with Gasteiger partial charge in [-0.1, -0.05) is 13.3 Å². The normalized spacial score (nSPS) is 13.3. The van der Waals surface area contributed by atoms with E-state index in [-0.39, 0.29) is 6.09 Å². The molecule has 2 aromatic heterocycles. The number of hydrogen-bond donors (Lipinski definition) is 0. The Kier molecular flexibility index (Phi) is 5.65. The molecule has 1 aliphatic rings. The highest BCUT2D eigenvalue weighted by Gasteiger charge is 2.27. The molecule has 7 nitrogen and oxygen atoms in total.